The zero-order valence-electron chi connectivity index (χ0n) is 21.7. The standard InChI is InChI=1S/C31H31ClN6O/c32-27-10-12-30(37-21-34-35-36-37)29(19-27)26-9-11-31(38(39)20-26)28(17-22-5-2-1-3-6-22)25-8-4-7-24(18-25)23-13-15-33-16-14-23/h1-12,19-21,23-24,28,33H,13-18H2. The van der Waals surface area contributed by atoms with E-state index in [-0.39, 0.29) is 5.92 Å². The Bertz CT molecular complexity index is 1480. The van der Waals surface area contributed by atoms with Crippen LogP contribution in [0, 0.1) is 17.0 Å². The van der Waals surface area contributed by atoms with E-state index in [4.69, 9.17) is 11.6 Å². The van der Waals surface area contributed by atoms with Crippen LogP contribution in [0.3, 0.4) is 0 Å². The summed E-state index contributed by atoms with van der Waals surface area (Å²) >= 11 is 6.36. The first-order chi connectivity index (χ1) is 19.2. The van der Waals surface area contributed by atoms with E-state index in [0.717, 1.165) is 53.2 Å². The van der Waals surface area contributed by atoms with Crippen LogP contribution >= 0.6 is 11.6 Å². The van der Waals surface area contributed by atoms with Crippen LogP contribution in [0.15, 0.2) is 97.0 Å². The number of nitrogens with zero attached hydrogens (tertiary/aromatic N) is 5. The molecule has 2 aliphatic rings. The zero-order chi connectivity index (χ0) is 26.6. The van der Waals surface area contributed by atoms with E-state index < -0.39 is 0 Å². The molecule has 0 bridgehead atoms. The molecule has 1 saturated heterocycles. The smallest absolute Gasteiger partial charge is 0.200 e. The van der Waals surface area contributed by atoms with Gasteiger partial charge in [0.2, 0.25) is 0 Å². The molecule has 4 aromatic rings. The van der Waals surface area contributed by atoms with Crippen LogP contribution in [0.4, 0.5) is 0 Å². The van der Waals surface area contributed by atoms with Crippen molar-refractivity contribution in [3.63, 3.8) is 0 Å². The number of hydrogen-bond donors (Lipinski definition) is 1. The fraction of sp³-hybridized carbons (Fsp3) is 0.290. The van der Waals surface area contributed by atoms with Crippen molar-refractivity contribution >= 4 is 11.6 Å². The Morgan fingerprint density at radius 2 is 1.92 bits per heavy atom. The van der Waals surface area contributed by atoms with E-state index in [1.807, 2.05) is 30.3 Å². The van der Waals surface area contributed by atoms with Gasteiger partial charge >= 0.3 is 0 Å². The lowest BCUT2D eigenvalue weighted by Gasteiger charge is -2.32. The SMILES string of the molecule is [O-][n+]1cc(-c2cc(Cl)ccc2-n2cnnn2)ccc1C(Cc1ccccc1)C1=CC=CC(C2CCNCC2)C1. The minimum atomic E-state index is -0.0218. The van der Waals surface area contributed by atoms with Crippen LogP contribution in [0.1, 0.15) is 36.4 Å². The topological polar surface area (TPSA) is 82.6 Å². The second-order valence-electron chi connectivity index (χ2n) is 10.4. The van der Waals surface area contributed by atoms with Crippen molar-refractivity contribution in [3.8, 4) is 16.8 Å². The maximum absolute atomic E-state index is 13.7. The van der Waals surface area contributed by atoms with Crippen LogP contribution in [0.5, 0.6) is 0 Å². The summed E-state index contributed by atoms with van der Waals surface area (Å²) in [6.45, 7) is 2.17. The van der Waals surface area contributed by atoms with E-state index in [0.29, 0.717) is 16.9 Å². The van der Waals surface area contributed by atoms with Gasteiger partial charge in [0.05, 0.1) is 11.6 Å². The largest absolute Gasteiger partial charge is 0.618 e. The van der Waals surface area contributed by atoms with E-state index >= 15 is 0 Å². The number of halogens is 1. The third-order valence-electron chi connectivity index (χ3n) is 8.03. The number of piperidine rings is 1. The number of pyridine rings is 1. The third kappa shape index (κ3) is 5.65. The molecule has 0 spiro atoms. The highest BCUT2D eigenvalue weighted by Gasteiger charge is 2.30. The first kappa shape index (κ1) is 25.5. The third-order valence-corrected chi connectivity index (χ3v) is 8.26. The molecular weight excluding hydrogens is 508 g/mol. The number of hydrogen-bond acceptors (Lipinski definition) is 5. The van der Waals surface area contributed by atoms with Gasteiger partial charge in [0.15, 0.2) is 11.9 Å². The second kappa shape index (κ2) is 11.5. The zero-order valence-corrected chi connectivity index (χ0v) is 22.4. The van der Waals surface area contributed by atoms with Crippen LogP contribution in [0.2, 0.25) is 5.02 Å². The molecular formula is C31H31ClN6O. The number of benzene rings is 2. The summed E-state index contributed by atoms with van der Waals surface area (Å²) < 4.78 is 2.61. The molecule has 2 atom stereocenters. The molecule has 3 heterocycles. The maximum atomic E-state index is 13.7. The molecule has 198 valence electrons. The molecule has 1 aliphatic heterocycles. The Kier molecular flexibility index (Phi) is 7.52. The van der Waals surface area contributed by atoms with Gasteiger partial charge in [-0.05, 0) is 90.9 Å². The lowest BCUT2D eigenvalue weighted by molar-refractivity contribution is -0.614. The molecule has 1 aliphatic carbocycles. The Morgan fingerprint density at radius 3 is 2.69 bits per heavy atom. The summed E-state index contributed by atoms with van der Waals surface area (Å²) in [4.78, 5) is 0. The minimum Gasteiger partial charge on any atom is -0.618 e. The minimum absolute atomic E-state index is 0.0218. The van der Waals surface area contributed by atoms with Crippen LogP contribution < -0.4 is 10.0 Å². The number of rotatable bonds is 7. The summed E-state index contributed by atoms with van der Waals surface area (Å²) in [5.74, 6) is 1.17. The first-order valence-corrected chi connectivity index (χ1v) is 13.9. The molecule has 6 rings (SSSR count). The van der Waals surface area contributed by atoms with Crippen molar-refractivity contribution in [3.05, 3.63) is 118 Å². The van der Waals surface area contributed by atoms with E-state index in [2.05, 4.69) is 63.3 Å². The fourth-order valence-corrected chi connectivity index (χ4v) is 6.16. The predicted molar refractivity (Wildman–Crippen MR) is 152 cm³/mol. The van der Waals surface area contributed by atoms with Gasteiger partial charge in [-0.25, -0.2) is 0 Å². The average Bonchev–Trinajstić information content (AvgIpc) is 3.52. The molecule has 0 amide bonds. The normalized spacial score (nSPS) is 18.6. The van der Waals surface area contributed by atoms with Crippen molar-refractivity contribution < 1.29 is 4.73 Å². The second-order valence-corrected chi connectivity index (χ2v) is 10.8. The van der Waals surface area contributed by atoms with E-state index in [1.165, 1.54) is 30.3 Å². The summed E-state index contributed by atoms with van der Waals surface area (Å²) in [5, 5.41) is 29.4. The van der Waals surface area contributed by atoms with Crippen LogP contribution in [-0.4, -0.2) is 33.3 Å². The van der Waals surface area contributed by atoms with Gasteiger partial charge in [0, 0.05) is 22.2 Å². The predicted octanol–water partition coefficient (Wildman–Crippen LogP) is 5.44. The Hall–Kier alpha value is -3.81. The lowest BCUT2D eigenvalue weighted by Crippen LogP contribution is -2.35. The van der Waals surface area contributed by atoms with Crippen molar-refractivity contribution in [2.24, 2.45) is 11.8 Å². The Balaban J connectivity index is 1.36. The van der Waals surface area contributed by atoms with Gasteiger partial charge in [0.1, 0.15) is 6.33 Å². The molecule has 7 nitrogen and oxygen atoms in total. The molecule has 2 aromatic carbocycles. The van der Waals surface area contributed by atoms with Crippen LogP contribution in [0.25, 0.3) is 16.8 Å². The monoisotopic (exact) mass is 538 g/mol. The first-order valence-electron chi connectivity index (χ1n) is 13.5. The number of tetrazole rings is 1. The Labute approximate surface area is 233 Å². The molecule has 2 aromatic heterocycles. The summed E-state index contributed by atoms with van der Waals surface area (Å²) in [5.41, 5.74) is 5.58. The van der Waals surface area contributed by atoms with E-state index in [1.54, 1.807) is 16.9 Å². The molecule has 0 saturated carbocycles. The van der Waals surface area contributed by atoms with Gasteiger partial charge in [-0.3, -0.25) is 0 Å². The van der Waals surface area contributed by atoms with Gasteiger partial charge < -0.3 is 10.5 Å². The quantitative estimate of drug-likeness (QED) is 0.250. The molecule has 8 heteroatoms. The van der Waals surface area contributed by atoms with E-state index in [9.17, 15) is 5.21 Å². The molecule has 39 heavy (non-hydrogen) atoms. The van der Waals surface area contributed by atoms with Crippen molar-refractivity contribution in [2.75, 3.05) is 13.1 Å². The highest BCUT2D eigenvalue weighted by Crippen LogP contribution is 2.38. The number of aromatic nitrogens is 5. The summed E-state index contributed by atoms with van der Waals surface area (Å²) in [7, 11) is 0. The molecule has 2 unspecified atom stereocenters. The van der Waals surface area contributed by atoms with Gasteiger partial charge in [-0.1, -0.05) is 65.7 Å². The van der Waals surface area contributed by atoms with Gasteiger partial charge in [-0.15, -0.1) is 5.10 Å². The van der Waals surface area contributed by atoms with Gasteiger partial charge in [0.25, 0.3) is 0 Å². The Morgan fingerprint density at radius 1 is 1.08 bits per heavy atom. The number of nitrogens with one attached hydrogen (secondary N) is 1. The van der Waals surface area contributed by atoms with Crippen molar-refractivity contribution in [1.29, 1.82) is 0 Å². The van der Waals surface area contributed by atoms with Crippen LogP contribution in [-0.2, 0) is 6.42 Å². The highest BCUT2D eigenvalue weighted by atomic mass is 35.5. The number of allylic oxidation sites excluding steroid dienone is 4. The average molecular weight is 539 g/mol. The molecule has 1 N–H and O–H groups in total. The van der Waals surface area contributed by atoms with Crippen molar-refractivity contribution in [2.45, 2.75) is 31.6 Å². The molecule has 0 radical (unpaired) electrons. The van der Waals surface area contributed by atoms with Crippen molar-refractivity contribution in [1.82, 2.24) is 25.5 Å². The maximum Gasteiger partial charge on any atom is 0.200 e. The van der Waals surface area contributed by atoms with Gasteiger partial charge in [-0.2, -0.15) is 9.41 Å². The summed E-state index contributed by atoms with van der Waals surface area (Å²) in [6, 6.07) is 19.9. The summed E-state index contributed by atoms with van der Waals surface area (Å²) in [6.07, 6.45) is 14.1. The fourth-order valence-electron chi connectivity index (χ4n) is 5.99. The molecule has 1 fully saturated rings. The highest BCUT2D eigenvalue weighted by molar-refractivity contribution is 6.31. The lowest BCUT2D eigenvalue weighted by atomic mass is 9.75.